The summed E-state index contributed by atoms with van der Waals surface area (Å²) in [6.45, 7) is 5.13. The van der Waals surface area contributed by atoms with Gasteiger partial charge in [0.2, 0.25) is 0 Å². The van der Waals surface area contributed by atoms with E-state index in [1.54, 1.807) is 12.2 Å². The van der Waals surface area contributed by atoms with E-state index in [-0.39, 0.29) is 25.2 Å². The number of ether oxygens (including phenoxy) is 2. The Balaban J connectivity index is 3.33. The molecule has 0 bridgehead atoms. The molecule has 4 heteroatoms. The van der Waals surface area contributed by atoms with Crippen molar-refractivity contribution in [1.82, 2.24) is 0 Å². The van der Waals surface area contributed by atoms with Crippen LogP contribution < -0.4 is 0 Å². The molecule has 0 aliphatic carbocycles. The second kappa shape index (κ2) is 48.6. The van der Waals surface area contributed by atoms with Gasteiger partial charge in [-0.15, -0.1) is 0 Å². The summed E-state index contributed by atoms with van der Waals surface area (Å²) in [7, 11) is 0. The molecule has 0 radical (unpaired) electrons. The Kier molecular flexibility index (Phi) is 47.2. The molecular formula is C51H96O4. The van der Waals surface area contributed by atoms with E-state index in [9.17, 15) is 9.59 Å². The lowest BCUT2D eigenvalue weighted by molar-refractivity contribution is -0.140. The van der Waals surface area contributed by atoms with Crippen LogP contribution in [-0.4, -0.2) is 25.2 Å². The first kappa shape index (κ1) is 53.4. The van der Waals surface area contributed by atoms with Gasteiger partial charge in [-0.05, 0) is 25.7 Å². The minimum Gasteiger partial charge on any atom is -0.462 e. The van der Waals surface area contributed by atoms with E-state index < -0.39 is 0 Å². The van der Waals surface area contributed by atoms with Crippen LogP contribution in [0.25, 0.3) is 0 Å². The van der Waals surface area contributed by atoms with Gasteiger partial charge in [0.05, 0.1) is 13.2 Å². The fraction of sp³-hybridized carbons (Fsp3) is 0.882. The van der Waals surface area contributed by atoms with Gasteiger partial charge >= 0.3 is 11.9 Å². The van der Waals surface area contributed by atoms with Crippen LogP contribution in [0.1, 0.15) is 277 Å². The van der Waals surface area contributed by atoms with Gasteiger partial charge < -0.3 is 9.47 Å². The third-order valence-corrected chi connectivity index (χ3v) is 11.2. The molecule has 0 aliphatic heterocycles. The lowest BCUT2D eigenvalue weighted by atomic mass is 10.0. The number of rotatable bonds is 46. The van der Waals surface area contributed by atoms with Gasteiger partial charge in [-0.3, -0.25) is 0 Å². The highest BCUT2D eigenvalue weighted by molar-refractivity contribution is 5.82. The summed E-state index contributed by atoms with van der Waals surface area (Å²) in [5.74, 6) is -0.604. The Morgan fingerprint density at radius 1 is 0.291 bits per heavy atom. The Labute approximate surface area is 344 Å². The van der Waals surface area contributed by atoms with Crippen molar-refractivity contribution in [2.45, 2.75) is 277 Å². The lowest BCUT2D eigenvalue weighted by Gasteiger charge is -2.04. The summed E-state index contributed by atoms with van der Waals surface area (Å²) >= 11 is 0. The molecule has 0 atom stereocenters. The van der Waals surface area contributed by atoms with Gasteiger partial charge in [0.25, 0.3) is 0 Å². The second-order valence-corrected chi connectivity index (χ2v) is 16.8. The Bertz CT molecular complexity index is 752. The monoisotopic (exact) mass is 773 g/mol. The molecule has 0 rings (SSSR count). The number of esters is 2. The van der Waals surface area contributed by atoms with Crippen LogP contribution in [0.5, 0.6) is 0 Å². The largest absolute Gasteiger partial charge is 0.462 e. The fourth-order valence-electron chi connectivity index (χ4n) is 7.54. The van der Waals surface area contributed by atoms with Gasteiger partial charge in [0, 0.05) is 18.6 Å². The van der Waals surface area contributed by atoms with E-state index >= 15 is 0 Å². The molecule has 0 aromatic rings. The van der Waals surface area contributed by atoms with E-state index in [2.05, 4.69) is 13.8 Å². The van der Waals surface area contributed by atoms with Gasteiger partial charge in [-0.1, -0.05) is 257 Å². The second-order valence-electron chi connectivity index (χ2n) is 16.8. The molecule has 55 heavy (non-hydrogen) atoms. The SMILES string of the molecule is CCCCCCCCCCCCCCCCCCCCCC=CC(=O)OCCCOC(=O)C=CCCCCCCCCCCCCCCCCCCCCC. The number of carbonyl (C=O) groups excluding carboxylic acids is 2. The number of hydrogen-bond acceptors (Lipinski definition) is 4. The first-order valence-electron chi connectivity index (χ1n) is 24.9. The van der Waals surface area contributed by atoms with Crippen molar-refractivity contribution in [3.8, 4) is 0 Å². The molecule has 0 aromatic carbocycles. The number of unbranched alkanes of at least 4 members (excludes halogenated alkanes) is 38. The van der Waals surface area contributed by atoms with Crippen LogP contribution in [-0.2, 0) is 19.1 Å². The van der Waals surface area contributed by atoms with Gasteiger partial charge in [-0.2, -0.15) is 0 Å². The maximum atomic E-state index is 11.9. The van der Waals surface area contributed by atoms with Crippen molar-refractivity contribution in [3.05, 3.63) is 24.3 Å². The molecule has 0 amide bonds. The smallest absolute Gasteiger partial charge is 0.330 e. The van der Waals surface area contributed by atoms with E-state index in [0.29, 0.717) is 6.42 Å². The fourth-order valence-corrected chi connectivity index (χ4v) is 7.54. The van der Waals surface area contributed by atoms with Crippen LogP contribution in [0.3, 0.4) is 0 Å². The predicted molar refractivity (Wildman–Crippen MR) is 241 cm³/mol. The van der Waals surface area contributed by atoms with E-state index in [1.165, 1.54) is 231 Å². The molecule has 0 saturated carbocycles. The van der Waals surface area contributed by atoms with Gasteiger partial charge in [0.15, 0.2) is 0 Å². The van der Waals surface area contributed by atoms with Crippen LogP contribution in [0.15, 0.2) is 24.3 Å². The molecule has 0 spiro atoms. The van der Waals surface area contributed by atoms with Crippen LogP contribution >= 0.6 is 0 Å². The van der Waals surface area contributed by atoms with E-state index in [0.717, 1.165) is 25.7 Å². The highest BCUT2D eigenvalue weighted by Crippen LogP contribution is 2.17. The Hall–Kier alpha value is -1.58. The van der Waals surface area contributed by atoms with E-state index in [4.69, 9.17) is 9.47 Å². The van der Waals surface area contributed by atoms with Crippen molar-refractivity contribution >= 4 is 11.9 Å². The summed E-state index contributed by atoms with van der Waals surface area (Å²) in [4.78, 5) is 23.8. The molecule has 0 heterocycles. The van der Waals surface area contributed by atoms with Crippen LogP contribution in [0, 0.1) is 0 Å². The average Bonchev–Trinajstić information content (AvgIpc) is 3.19. The molecule has 324 valence electrons. The summed E-state index contributed by atoms with van der Waals surface area (Å²) < 4.78 is 10.5. The highest BCUT2D eigenvalue weighted by atomic mass is 16.5. The summed E-state index contributed by atoms with van der Waals surface area (Å²) in [5.41, 5.74) is 0. The van der Waals surface area contributed by atoms with Gasteiger partial charge in [0.1, 0.15) is 0 Å². The third kappa shape index (κ3) is 48.5. The highest BCUT2D eigenvalue weighted by Gasteiger charge is 2.01. The molecular weight excluding hydrogens is 677 g/mol. The predicted octanol–water partition coefficient (Wildman–Crippen LogP) is 17.2. The zero-order valence-corrected chi connectivity index (χ0v) is 37.3. The Morgan fingerprint density at radius 3 is 0.709 bits per heavy atom. The quantitative estimate of drug-likeness (QED) is 0.0351. The Morgan fingerprint density at radius 2 is 0.491 bits per heavy atom. The number of carbonyl (C=O) groups is 2. The normalized spacial score (nSPS) is 11.7. The average molecular weight is 773 g/mol. The maximum Gasteiger partial charge on any atom is 0.330 e. The maximum absolute atomic E-state index is 11.9. The van der Waals surface area contributed by atoms with Gasteiger partial charge in [-0.25, -0.2) is 9.59 Å². The number of allylic oxidation sites excluding steroid dienone is 2. The van der Waals surface area contributed by atoms with Crippen molar-refractivity contribution in [2.24, 2.45) is 0 Å². The molecule has 0 N–H and O–H groups in total. The summed E-state index contributed by atoms with van der Waals surface area (Å²) in [6, 6.07) is 0. The number of hydrogen-bond donors (Lipinski definition) is 0. The van der Waals surface area contributed by atoms with Crippen molar-refractivity contribution in [1.29, 1.82) is 0 Å². The first-order chi connectivity index (χ1) is 27.2. The van der Waals surface area contributed by atoms with Crippen molar-refractivity contribution < 1.29 is 19.1 Å². The zero-order chi connectivity index (χ0) is 39.8. The zero-order valence-electron chi connectivity index (χ0n) is 37.3. The molecule has 0 fully saturated rings. The van der Waals surface area contributed by atoms with Crippen LogP contribution in [0.2, 0.25) is 0 Å². The van der Waals surface area contributed by atoms with Crippen molar-refractivity contribution in [2.75, 3.05) is 13.2 Å². The molecule has 0 saturated heterocycles. The molecule has 0 unspecified atom stereocenters. The minimum atomic E-state index is -0.302. The topological polar surface area (TPSA) is 52.6 Å². The summed E-state index contributed by atoms with van der Waals surface area (Å²) in [6.07, 6.45) is 62.0. The summed E-state index contributed by atoms with van der Waals surface area (Å²) in [5, 5.41) is 0. The molecule has 0 aliphatic rings. The third-order valence-electron chi connectivity index (χ3n) is 11.2. The van der Waals surface area contributed by atoms with E-state index in [1.807, 2.05) is 12.2 Å². The molecule has 4 nitrogen and oxygen atoms in total. The minimum absolute atomic E-state index is 0.277. The van der Waals surface area contributed by atoms with Crippen LogP contribution in [0.4, 0.5) is 0 Å². The first-order valence-corrected chi connectivity index (χ1v) is 24.9. The standard InChI is InChI=1S/C51H96O4/c1-3-5-7-9-11-13-15-17-19-21-23-25-27-29-31-33-35-37-39-41-43-46-50(52)54-48-45-49-55-51(53)47-44-42-40-38-36-34-32-30-28-26-24-22-20-18-16-14-12-10-8-6-4-2/h43-44,46-47H,3-42,45,48-49H2,1-2H3. The lowest BCUT2D eigenvalue weighted by Crippen LogP contribution is -2.08. The molecule has 0 aromatic heterocycles. The van der Waals surface area contributed by atoms with Crippen molar-refractivity contribution in [3.63, 3.8) is 0 Å².